The Balaban J connectivity index is 0.00000147. The van der Waals surface area contributed by atoms with Crippen LogP contribution in [-0.2, 0) is 4.79 Å². The molecule has 108 valence electrons. The first-order valence-corrected chi connectivity index (χ1v) is 6.34. The van der Waals surface area contributed by atoms with Crippen molar-refractivity contribution in [1.29, 1.82) is 0 Å². The second kappa shape index (κ2) is 6.11. The van der Waals surface area contributed by atoms with Crippen molar-refractivity contribution in [2.75, 3.05) is 18.4 Å². The van der Waals surface area contributed by atoms with Gasteiger partial charge in [0.1, 0.15) is 0 Å². The van der Waals surface area contributed by atoms with Gasteiger partial charge in [0, 0.05) is 12.1 Å². The highest BCUT2D eigenvalue weighted by Gasteiger charge is 2.18. The van der Waals surface area contributed by atoms with Crippen LogP contribution >= 0.6 is 12.4 Å². The van der Waals surface area contributed by atoms with E-state index in [1.165, 1.54) is 0 Å². The maximum atomic E-state index is 11.9. The van der Waals surface area contributed by atoms with E-state index in [0.717, 1.165) is 19.5 Å². The van der Waals surface area contributed by atoms with E-state index in [4.69, 9.17) is 4.42 Å². The number of aromatic amines is 1. The molecule has 1 fully saturated rings. The summed E-state index contributed by atoms with van der Waals surface area (Å²) in [6.07, 6.45) is 1.56. The largest absolute Gasteiger partial charge is 0.417 e. The Hall–Kier alpha value is -1.79. The lowest BCUT2D eigenvalue weighted by Crippen LogP contribution is -2.18. The van der Waals surface area contributed by atoms with Gasteiger partial charge in [-0.15, -0.1) is 12.4 Å². The van der Waals surface area contributed by atoms with Crippen LogP contribution in [-0.4, -0.2) is 24.0 Å². The fraction of sp³-hybridized carbons (Fsp3) is 0.385. The average molecular weight is 298 g/mol. The van der Waals surface area contributed by atoms with Crippen LogP contribution in [0.5, 0.6) is 0 Å². The van der Waals surface area contributed by atoms with Crippen LogP contribution in [0.3, 0.4) is 0 Å². The van der Waals surface area contributed by atoms with E-state index in [-0.39, 0.29) is 18.3 Å². The molecule has 3 rings (SSSR count). The number of fused-ring (bicyclic) bond motifs is 1. The Labute approximate surface area is 121 Å². The topological polar surface area (TPSA) is 87.1 Å². The molecule has 1 unspecified atom stereocenters. The molecule has 1 aromatic carbocycles. The van der Waals surface area contributed by atoms with Gasteiger partial charge < -0.3 is 15.1 Å². The third-order valence-corrected chi connectivity index (χ3v) is 3.34. The first kappa shape index (κ1) is 14.6. The number of oxazole rings is 1. The molecular weight excluding hydrogens is 282 g/mol. The molecule has 0 saturated carbocycles. The van der Waals surface area contributed by atoms with Gasteiger partial charge in [-0.2, -0.15) is 0 Å². The van der Waals surface area contributed by atoms with Gasteiger partial charge in [0.15, 0.2) is 5.58 Å². The number of halogens is 1. The van der Waals surface area contributed by atoms with Crippen molar-refractivity contribution in [3.05, 3.63) is 28.7 Å². The molecule has 1 aliphatic heterocycles. The lowest BCUT2D eigenvalue weighted by molar-refractivity contribution is -0.116. The summed E-state index contributed by atoms with van der Waals surface area (Å²) in [4.78, 5) is 25.5. The van der Waals surface area contributed by atoms with Gasteiger partial charge in [0.25, 0.3) is 0 Å². The molecule has 0 radical (unpaired) electrons. The van der Waals surface area contributed by atoms with Crippen molar-refractivity contribution in [1.82, 2.24) is 10.3 Å². The number of benzene rings is 1. The summed E-state index contributed by atoms with van der Waals surface area (Å²) in [5.41, 5.74) is 1.74. The van der Waals surface area contributed by atoms with Gasteiger partial charge in [-0.1, -0.05) is 0 Å². The van der Waals surface area contributed by atoms with Crippen LogP contribution < -0.4 is 16.4 Å². The number of aromatic nitrogens is 1. The Bertz CT molecular complexity index is 658. The van der Waals surface area contributed by atoms with Crippen molar-refractivity contribution in [3.8, 4) is 0 Å². The second-order valence-corrected chi connectivity index (χ2v) is 4.84. The number of hydrogen-bond donors (Lipinski definition) is 3. The number of amides is 1. The summed E-state index contributed by atoms with van der Waals surface area (Å²) in [6, 6.07) is 5.09. The molecule has 20 heavy (non-hydrogen) atoms. The second-order valence-electron chi connectivity index (χ2n) is 4.84. The summed E-state index contributed by atoms with van der Waals surface area (Å²) in [5.74, 6) is -0.0770. The van der Waals surface area contributed by atoms with Gasteiger partial charge in [-0.25, -0.2) is 4.79 Å². The molecule has 1 aliphatic rings. The summed E-state index contributed by atoms with van der Waals surface area (Å²) in [5, 5.41) is 6.08. The van der Waals surface area contributed by atoms with Crippen LogP contribution in [0.25, 0.3) is 11.1 Å². The lowest BCUT2D eigenvalue weighted by atomic mass is 10.0. The van der Waals surface area contributed by atoms with E-state index in [1.807, 2.05) is 0 Å². The van der Waals surface area contributed by atoms with E-state index in [0.29, 0.717) is 29.1 Å². The summed E-state index contributed by atoms with van der Waals surface area (Å²) >= 11 is 0. The molecule has 1 atom stereocenters. The number of carbonyl (C=O) groups is 1. The fourth-order valence-electron chi connectivity index (χ4n) is 2.39. The summed E-state index contributed by atoms with van der Waals surface area (Å²) < 4.78 is 4.90. The molecule has 1 aromatic heterocycles. The van der Waals surface area contributed by atoms with Crippen molar-refractivity contribution in [2.24, 2.45) is 5.92 Å². The predicted molar refractivity (Wildman–Crippen MR) is 78.3 cm³/mol. The quantitative estimate of drug-likeness (QED) is 0.801. The Morgan fingerprint density at radius 3 is 3.05 bits per heavy atom. The van der Waals surface area contributed by atoms with Crippen molar-refractivity contribution >= 4 is 35.1 Å². The minimum atomic E-state index is -0.490. The molecule has 7 heteroatoms. The maximum Gasteiger partial charge on any atom is 0.417 e. The zero-order valence-electron chi connectivity index (χ0n) is 10.8. The summed E-state index contributed by atoms with van der Waals surface area (Å²) in [7, 11) is 0. The van der Waals surface area contributed by atoms with Crippen LogP contribution in [0.1, 0.15) is 12.8 Å². The van der Waals surface area contributed by atoms with E-state index in [1.54, 1.807) is 18.2 Å². The normalized spacial score (nSPS) is 17.9. The van der Waals surface area contributed by atoms with E-state index < -0.39 is 5.76 Å². The van der Waals surface area contributed by atoms with Gasteiger partial charge >= 0.3 is 5.76 Å². The number of rotatable bonds is 3. The minimum absolute atomic E-state index is 0. The van der Waals surface area contributed by atoms with E-state index in [2.05, 4.69) is 15.6 Å². The molecule has 0 spiro atoms. The minimum Gasteiger partial charge on any atom is -0.408 e. The molecule has 0 bridgehead atoms. The van der Waals surface area contributed by atoms with Gasteiger partial charge in [-0.05, 0) is 43.6 Å². The first-order chi connectivity index (χ1) is 9.20. The highest BCUT2D eigenvalue weighted by Crippen LogP contribution is 2.18. The third-order valence-electron chi connectivity index (χ3n) is 3.34. The molecule has 6 nitrogen and oxygen atoms in total. The molecular formula is C13H16ClN3O3. The molecule has 3 N–H and O–H groups in total. The predicted octanol–water partition coefficient (Wildman–Crippen LogP) is 1.48. The third kappa shape index (κ3) is 3.20. The van der Waals surface area contributed by atoms with Crippen molar-refractivity contribution in [2.45, 2.75) is 12.8 Å². The highest BCUT2D eigenvalue weighted by molar-refractivity contribution is 5.92. The molecule has 2 aromatic rings. The molecule has 1 saturated heterocycles. The number of anilines is 1. The van der Waals surface area contributed by atoms with Gasteiger partial charge in [0.05, 0.1) is 5.52 Å². The van der Waals surface area contributed by atoms with Crippen molar-refractivity contribution in [3.63, 3.8) is 0 Å². The zero-order chi connectivity index (χ0) is 13.2. The Morgan fingerprint density at radius 2 is 2.30 bits per heavy atom. The SMILES string of the molecule is Cl.O=C(CC1CCNC1)Nc1ccc2oc(=O)[nH]c2c1. The number of H-pyrrole nitrogens is 1. The number of carbonyl (C=O) groups excluding carboxylic acids is 1. The number of hydrogen-bond acceptors (Lipinski definition) is 4. The highest BCUT2D eigenvalue weighted by atomic mass is 35.5. The van der Waals surface area contributed by atoms with Crippen LogP contribution in [0, 0.1) is 5.92 Å². The standard InChI is InChI=1S/C13H15N3O3.ClH/c17-12(5-8-3-4-14-7-8)15-9-1-2-11-10(6-9)16-13(18)19-11;/h1-2,6,8,14H,3-5,7H2,(H,15,17)(H,16,18);1H. The van der Waals surface area contributed by atoms with Crippen LogP contribution in [0.2, 0.25) is 0 Å². The van der Waals surface area contributed by atoms with Crippen LogP contribution in [0.15, 0.2) is 27.4 Å². The Kier molecular flexibility index (Phi) is 4.46. The summed E-state index contributed by atoms with van der Waals surface area (Å²) in [6.45, 7) is 1.89. The molecule has 0 aliphatic carbocycles. The lowest BCUT2D eigenvalue weighted by Gasteiger charge is -2.08. The van der Waals surface area contributed by atoms with Crippen molar-refractivity contribution < 1.29 is 9.21 Å². The van der Waals surface area contributed by atoms with E-state index in [9.17, 15) is 9.59 Å². The zero-order valence-corrected chi connectivity index (χ0v) is 11.6. The monoisotopic (exact) mass is 297 g/mol. The molecule has 2 heterocycles. The fourth-order valence-corrected chi connectivity index (χ4v) is 2.39. The smallest absolute Gasteiger partial charge is 0.408 e. The van der Waals surface area contributed by atoms with E-state index >= 15 is 0 Å². The van der Waals surface area contributed by atoms with Gasteiger partial charge in [-0.3, -0.25) is 9.78 Å². The van der Waals surface area contributed by atoms with Crippen LogP contribution in [0.4, 0.5) is 5.69 Å². The first-order valence-electron chi connectivity index (χ1n) is 6.34. The van der Waals surface area contributed by atoms with Gasteiger partial charge in [0.2, 0.25) is 5.91 Å². The Morgan fingerprint density at radius 1 is 1.45 bits per heavy atom. The average Bonchev–Trinajstić information content (AvgIpc) is 2.96. The number of nitrogens with one attached hydrogen (secondary N) is 3. The molecule has 1 amide bonds. The maximum absolute atomic E-state index is 11.9.